The van der Waals surface area contributed by atoms with Gasteiger partial charge in [-0.15, -0.1) is 0 Å². The summed E-state index contributed by atoms with van der Waals surface area (Å²) in [6, 6.07) is 0.445. The summed E-state index contributed by atoms with van der Waals surface area (Å²) in [7, 11) is 7.43. The van der Waals surface area contributed by atoms with Crippen molar-refractivity contribution < 1.29 is 0 Å². The van der Waals surface area contributed by atoms with Crippen LogP contribution in [-0.4, -0.2) is 65.3 Å². The molecule has 0 bridgehead atoms. The summed E-state index contributed by atoms with van der Waals surface area (Å²) in [6.07, 6.45) is 1.62. The van der Waals surface area contributed by atoms with Crippen LogP contribution in [0.25, 0.3) is 0 Å². The van der Waals surface area contributed by atoms with Crippen molar-refractivity contribution >= 4 is 0 Å². The first-order chi connectivity index (χ1) is 9.90. The van der Waals surface area contributed by atoms with Crippen molar-refractivity contribution in [1.29, 1.82) is 0 Å². The van der Waals surface area contributed by atoms with Crippen molar-refractivity contribution in [2.45, 2.75) is 12.6 Å². The highest BCUT2D eigenvalue weighted by molar-refractivity contribution is 5.05. The maximum atomic E-state index is 12.0. The predicted octanol–water partition coefficient (Wildman–Crippen LogP) is -1.58. The average Bonchev–Trinajstić information content (AvgIpc) is 2.45. The molecule has 1 fully saturated rings. The smallest absolute Gasteiger partial charge is 0.311 e. The molecule has 0 spiro atoms. The molecule has 1 N–H and O–H groups in total. The number of aryl methyl sites for hydroxylation is 1. The number of rotatable bonds is 4. The monoisotopic (exact) mass is 295 g/mol. The van der Waals surface area contributed by atoms with Crippen LogP contribution >= 0.6 is 0 Å². The first-order valence-corrected chi connectivity index (χ1v) is 7.25. The molecule has 1 unspecified atom stereocenters. The van der Waals surface area contributed by atoms with Crippen molar-refractivity contribution in [3.8, 4) is 0 Å². The molecule has 0 aliphatic carbocycles. The van der Waals surface area contributed by atoms with Crippen LogP contribution < -0.4 is 16.6 Å². The highest BCUT2D eigenvalue weighted by Crippen LogP contribution is 2.04. The van der Waals surface area contributed by atoms with E-state index in [0.717, 1.165) is 30.7 Å². The summed E-state index contributed by atoms with van der Waals surface area (Å²) in [5.41, 5.74) is 0.100. The Morgan fingerprint density at radius 3 is 2.62 bits per heavy atom. The third kappa shape index (κ3) is 3.61. The van der Waals surface area contributed by atoms with Crippen LogP contribution in [0.5, 0.6) is 0 Å². The zero-order valence-electron chi connectivity index (χ0n) is 13.3. The van der Waals surface area contributed by atoms with Crippen LogP contribution in [0.2, 0.25) is 0 Å². The first-order valence-electron chi connectivity index (χ1n) is 7.25. The predicted molar refractivity (Wildman–Crippen MR) is 82.5 cm³/mol. The minimum Gasteiger partial charge on any atom is -0.311 e. The molecule has 1 aliphatic rings. The maximum Gasteiger partial charge on any atom is 0.330 e. The quantitative estimate of drug-likeness (QED) is 0.726. The van der Waals surface area contributed by atoms with E-state index in [4.69, 9.17) is 0 Å². The molecule has 7 heteroatoms. The molecule has 0 saturated carbocycles. The lowest BCUT2D eigenvalue weighted by Crippen LogP contribution is -2.53. The highest BCUT2D eigenvalue weighted by atomic mass is 16.2. The third-order valence-corrected chi connectivity index (χ3v) is 4.19. The maximum absolute atomic E-state index is 12.0. The van der Waals surface area contributed by atoms with Gasteiger partial charge in [0.05, 0.1) is 0 Å². The fraction of sp³-hybridized carbons (Fsp3) is 0.714. The van der Waals surface area contributed by atoms with E-state index in [0.29, 0.717) is 18.2 Å². The topological polar surface area (TPSA) is 62.5 Å². The summed E-state index contributed by atoms with van der Waals surface area (Å²) in [5, 5.41) is 3.34. The van der Waals surface area contributed by atoms with Gasteiger partial charge in [0.2, 0.25) is 0 Å². The standard InChI is InChI=1S/C14H25N5O2/c1-16-5-6-17(2)12(10-16)8-15-7-11-9-18(3)14(21)19(4)13(11)20/h9,12,15H,5-8,10H2,1-4H3. The molecule has 21 heavy (non-hydrogen) atoms. The molecule has 0 radical (unpaired) electrons. The Hall–Kier alpha value is -1.44. The summed E-state index contributed by atoms with van der Waals surface area (Å²) in [6.45, 7) is 4.48. The molecule has 1 aliphatic heterocycles. The molecule has 1 atom stereocenters. The van der Waals surface area contributed by atoms with Crippen molar-refractivity contribution in [2.24, 2.45) is 14.1 Å². The second-order valence-corrected chi connectivity index (χ2v) is 5.94. The lowest BCUT2D eigenvalue weighted by Gasteiger charge is -2.37. The van der Waals surface area contributed by atoms with Gasteiger partial charge in [-0.2, -0.15) is 0 Å². The second kappa shape index (κ2) is 6.55. The molecular formula is C14H25N5O2. The van der Waals surface area contributed by atoms with E-state index in [1.807, 2.05) is 0 Å². The van der Waals surface area contributed by atoms with Crippen molar-refractivity contribution in [1.82, 2.24) is 24.3 Å². The Morgan fingerprint density at radius 2 is 1.90 bits per heavy atom. The zero-order chi connectivity index (χ0) is 15.6. The van der Waals surface area contributed by atoms with Crippen LogP contribution in [0.3, 0.4) is 0 Å². The number of piperazine rings is 1. The SMILES string of the molecule is CN1CCN(C)C(CNCc2cn(C)c(=O)n(C)c2=O)C1. The van der Waals surface area contributed by atoms with Gasteiger partial charge in [-0.25, -0.2) is 4.79 Å². The van der Waals surface area contributed by atoms with Gasteiger partial charge in [0.15, 0.2) is 0 Å². The molecule has 1 saturated heterocycles. The second-order valence-electron chi connectivity index (χ2n) is 5.94. The number of likely N-dealkylation sites (N-methyl/N-ethyl adjacent to an activating group) is 2. The Labute approximate surface area is 124 Å². The van der Waals surface area contributed by atoms with Crippen LogP contribution in [0.1, 0.15) is 5.56 Å². The number of hydrogen-bond acceptors (Lipinski definition) is 5. The molecule has 0 amide bonds. The van der Waals surface area contributed by atoms with Gasteiger partial charge in [-0.3, -0.25) is 14.3 Å². The molecule has 2 rings (SSSR count). The zero-order valence-corrected chi connectivity index (χ0v) is 13.3. The third-order valence-electron chi connectivity index (χ3n) is 4.19. The minimum absolute atomic E-state index is 0.222. The minimum atomic E-state index is -0.294. The summed E-state index contributed by atoms with van der Waals surface area (Å²) in [4.78, 5) is 28.3. The highest BCUT2D eigenvalue weighted by Gasteiger charge is 2.21. The summed E-state index contributed by atoms with van der Waals surface area (Å²) >= 11 is 0. The van der Waals surface area contributed by atoms with Gasteiger partial charge in [-0.05, 0) is 14.1 Å². The van der Waals surface area contributed by atoms with Crippen LogP contribution in [0.4, 0.5) is 0 Å². The Balaban J connectivity index is 1.98. The van der Waals surface area contributed by atoms with Gasteiger partial charge in [-0.1, -0.05) is 0 Å². The molecule has 118 valence electrons. The van der Waals surface area contributed by atoms with Crippen molar-refractivity contribution in [2.75, 3.05) is 40.3 Å². The average molecular weight is 295 g/mol. The molecule has 2 heterocycles. The van der Waals surface area contributed by atoms with Gasteiger partial charge < -0.3 is 14.8 Å². The van der Waals surface area contributed by atoms with Crippen molar-refractivity contribution in [3.05, 3.63) is 32.6 Å². The fourth-order valence-electron chi connectivity index (χ4n) is 2.70. The largest absolute Gasteiger partial charge is 0.330 e. The van der Waals surface area contributed by atoms with E-state index < -0.39 is 0 Å². The molecule has 7 nitrogen and oxygen atoms in total. The first kappa shape index (κ1) is 15.9. The van der Waals surface area contributed by atoms with E-state index in [1.165, 1.54) is 11.6 Å². The van der Waals surface area contributed by atoms with E-state index in [-0.39, 0.29) is 11.2 Å². The Morgan fingerprint density at radius 1 is 1.19 bits per heavy atom. The Kier molecular flexibility index (Phi) is 4.97. The number of nitrogens with one attached hydrogen (secondary N) is 1. The molecule has 1 aromatic heterocycles. The van der Waals surface area contributed by atoms with Gasteiger partial charge in [0, 0.05) is 64.6 Å². The lowest BCUT2D eigenvalue weighted by molar-refractivity contribution is 0.113. The van der Waals surface area contributed by atoms with E-state index in [2.05, 4.69) is 29.2 Å². The van der Waals surface area contributed by atoms with Crippen LogP contribution in [0, 0.1) is 0 Å². The molecule has 1 aromatic rings. The summed E-state index contributed by atoms with van der Waals surface area (Å²) < 4.78 is 2.59. The van der Waals surface area contributed by atoms with Crippen LogP contribution in [0.15, 0.2) is 15.8 Å². The lowest BCUT2D eigenvalue weighted by atomic mass is 10.2. The van der Waals surface area contributed by atoms with E-state index in [1.54, 1.807) is 13.2 Å². The van der Waals surface area contributed by atoms with Gasteiger partial charge in [0.25, 0.3) is 5.56 Å². The number of nitrogens with zero attached hydrogens (tertiary/aromatic N) is 4. The van der Waals surface area contributed by atoms with Crippen molar-refractivity contribution in [3.63, 3.8) is 0 Å². The molecular weight excluding hydrogens is 270 g/mol. The van der Waals surface area contributed by atoms with E-state index >= 15 is 0 Å². The summed E-state index contributed by atoms with van der Waals surface area (Å²) in [5.74, 6) is 0. The molecule has 0 aromatic carbocycles. The Bertz CT molecular complexity index is 606. The van der Waals surface area contributed by atoms with Gasteiger partial charge >= 0.3 is 5.69 Å². The fourth-order valence-corrected chi connectivity index (χ4v) is 2.70. The number of hydrogen-bond donors (Lipinski definition) is 1. The normalized spacial score (nSPS) is 20.9. The number of aromatic nitrogens is 2. The van der Waals surface area contributed by atoms with Gasteiger partial charge in [0.1, 0.15) is 0 Å². The van der Waals surface area contributed by atoms with Crippen LogP contribution in [-0.2, 0) is 20.6 Å². The van der Waals surface area contributed by atoms with E-state index in [9.17, 15) is 9.59 Å².